The van der Waals surface area contributed by atoms with Crippen molar-refractivity contribution in [2.24, 2.45) is 5.92 Å². The first-order chi connectivity index (χ1) is 14.4. The fraction of sp³-hybridized carbons (Fsp3) is 0.429. The molecule has 1 saturated heterocycles. The first kappa shape index (κ1) is 23.4. The first-order valence-corrected chi connectivity index (χ1v) is 10.5. The number of carbonyl (C=O) groups is 2. The molecule has 7 nitrogen and oxygen atoms in total. The Kier molecular flexibility index (Phi) is 7.51. The number of rotatable bonds is 7. The van der Waals surface area contributed by atoms with E-state index in [1.807, 2.05) is 11.0 Å². The molecule has 166 valence electrons. The van der Waals surface area contributed by atoms with Crippen LogP contribution in [0.4, 0.5) is 4.39 Å². The number of carboxylic acid groups (broad SMARTS) is 1. The van der Waals surface area contributed by atoms with Crippen LogP contribution in [0.5, 0.6) is 0 Å². The highest BCUT2D eigenvalue weighted by Gasteiger charge is 2.40. The van der Waals surface area contributed by atoms with Crippen molar-refractivity contribution < 1.29 is 19.1 Å². The molecule has 2 aromatic rings. The van der Waals surface area contributed by atoms with Gasteiger partial charge in [0.2, 0.25) is 0 Å². The summed E-state index contributed by atoms with van der Waals surface area (Å²) >= 11 is 4.67. The van der Waals surface area contributed by atoms with E-state index >= 15 is 0 Å². The molecule has 1 saturated carbocycles. The van der Waals surface area contributed by atoms with Crippen LogP contribution in [0.3, 0.4) is 0 Å². The van der Waals surface area contributed by atoms with Crippen LogP contribution in [-0.2, 0) is 16.1 Å². The number of thiol groups is 1. The van der Waals surface area contributed by atoms with Gasteiger partial charge < -0.3 is 5.11 Å². The van der Waals surface area contributed by atoms with Gasteiger partial charge >= 0.3 is 5.97 Å². The van der Waals surface area contributed by atoms with Crippen molar-refractivity contribution >= 4 is 42.9 Å². The molecule has 0 radical (unpaired) electrons. The Hall–Kier alpha value is -2.23. The third-order valence-corrected chi connectivity index (χ3v) is 6.17. The summed E-state index contributed by atoms with van der Waals surface area (Å²) < 4.78 is 15.9. The smallest absolute Gasteiger partial charge is 0.325 e. The first-order valence-electron chi connectivity index (χ1n) is 9.95. The Morgan fingerprint density at radius 1 is 1.29 bits per heavy atom. The summed E-state index contributed by atoms with van der Waals surface area (Å²) in [5, 5.41) is 16.6. The molecule has 1 aromatic carbocycles. The Balaban J connectivity index is 0.00000272. The van der Waals surface area contributed by atoms with Gasteiger partial charge in [-0.25, -0.2) is 9.07 Å². The number of hydrogen-bond acceptors (Lipinski definition) is 6. The van der Waals surface area contributed by atoms with E-state index in [9.17, 15) is 14.0 Å². The molecule has 2 fully saturated rings. The molecule has 0 spiro atoms. The van der Waals surface area contributed by atoms with Crippen LogP contribution in [0, 0.1) is 11.7 Å². The molecule has 2 heterocycles. The molecule has 10 heteroatoms. The quantitative estimate of drug-likeness (QED) is 0.610. The second-order valence-electron chi connectivity index (χ2n) is 7.81. The Labute approximate surface area is 191 Å². The predicted molar refractivity (Wildman–Crippen MR) is 119 cm³/mol. The second kappa shape index (κ2) is 9.93. The number of hydrogen-bond donors (Lipinski definition) is 2. The maximum atomic E-state index is 14.6. The average Bonchev–Trinajstić information content (AvgIpc) is 3.48. The predicted octanol–water partition coefficient (Wildman–Crippen LogP) is 3.03. The van der Waals surface area contributed by atoms with Gasteiger partial charge in [0.15, 0.2) is 5.78 Å². The second-order valence-corrected chi connectivity index (χ2v) is 8.43. The molecule has 1 aliphatic carbocycles. The lowest BCUT2D eigenvalue weighted by Crippen LogP contribution is -2.42. The van der Waals surface area contributed by atoms with E-state index in [-0.39, 0.29) is 41.7 Å². The minimum atomic E-state index is -1.01. The van der Waals surface area contributed by atoms with E-state index in [4.69, 9.17) is 5.11 Å². The van der Waals surface area contributed by atoms with Crippen LogP contribution in [0.1, 0.15) is 36.6 Å². The SMILES string of the molecule is Cl.O=C(O)Cn1nncc1/C=C1\CN(C(C(=O)C2CC2)c2ccccc2F)CCC1S. The van der Waals surface area contributed by atoms with Crippen molar-refractivity contribution in [3.63, 3.8) is 0 Å². The van der Waals surface area contributed by atoms with Crippen LogP contribution < -0.4 is 0 Å². The standard InChI is InChI=1S/C21H23FN4O3S.ClH/c22-17-4-2-1-3-16(17)20(21(29)13-5-6-13)25-8-7-18(30)14(11-25)9-15-10-23-24-26(15)12-19(27)28;/h1-4,9-10,13,18,20,30H,5-8,11-12H2,(H,27,28);1H/b14-9+;. The number of aliphatic carboxylic acids is 1. The van der Waals surface area contributed by atoms with E-state index in [1.165, 1.54) is 16.9 Å². The lowest BCUT2D eigenvalue weighted by molar-refractivity contribution is -0.138. The van der Waals surface area contributed by atoms with E-state index in [1.54, 1.807) is 18.2 Å². The molecule has 0 amide bonds. The monoisotopic (exact) mass is 466 g/mol. The molecule has 1 aliphatic heterocycles. The van der Waals surface area contributed by atoms with E-state index < -0.39 is 12.0 Å². The number of likely N-dealkylation sites (tertiary alicyclic amines) is 1. The van der Waals surface area contributed by atoms with E-state index in [0.717, 1.165) is 18.4 Å². The maximum Gasteiger partial charge on any atom is 0.325 e. The van der Waals surface area contributed by atoms with E-state index in [0.29, 0.717) is 30.8 Å². The largest absolute Gasteiger partial charge is 0.480 e. The Morgan fingerprint density at radius 2 is 2.03 bits per heavy atom. The van der Waals surface area contributed by atoms with Crippen LogP contribution in [-0.4, -0.2) is 55.1 Å². The van der Waals surface area contributed by atoms with E-state index in [2.05, 4.69) is 22.9 Å². The fourth-order valence-electron chi connectivity index (χ4n) is 3.89. The summed E-state index contributed by atoms with van der Waals surface area (Å²) in [5.41, 5.74) is 1.89. The number of nitrogens with zero attached hydrogens (tertiary/aromatic N) is 4. The van der Waals surface area contributed by atoms with Crippen LogP contribution in [0.15, 0.2) is 36.0 Å². The number of ketones is 1. The Morgan fingerprint density at radius 3 is 2.71 bits per heavy atom. The molecular formula is C21H24ClFN4O3S. The molecule has 4 rings (SSSR count). The number of benzene rings is 1. The zero-order chi connectivity index (χ0) is 21.3. The van der Waals surface area contributed by atoms with Gasteiger partial charge in [-0.3, -0.25) is 14.5 Å². The summed E-state index contributed by atoms with van der Waals surface area (Å²) in [7, 11) is 0. The summed E-state index contributed by atoms with van der Waals surface area (Å²) in [6.07, 6.45) is 5.73. The van der Waals surface area contributed by atoms with Gasteiger partial charge in [0.05, 0.1) is 17.9 Å². The van der Waals surface area contributed by atoms with Gasteiger partial charge in [-0.2, -0.15) is 12.6 Å². The highest BCUT2D eigenvalue weighted by Crippen LogP contribution is 2.39. The number of piperidine rings is 1. The zero-order valence-corrected chi connectivity index (χ0v) is 18.4. The van der Waals surface area contributed by atoms with Crippen LogP contribution >= 0.6 is 25.0 Å². The summed E-state index contributed by atoms with van der Waals surface area (Å²) in [4.78, 5) is 26.1. The normalized spacial score (nSPS) is 21.5. The Bertz CT molecular complexity index is 995. The molecular weight excluding hydrogens is 443 g/mol. The molecule has 2 unspecified atom stereocenters. The summed E-state index contributed by atoms with van der Waals surface area (Å²) in [6, 6.07) is 5.82. The lowest BCUT2D eigenvalue weighted by atomic mass is 9.93. The molecule has 1 N–H and O–H groups in total. The number of carbonyl (C=O) groups excluding carboxylic acids is 1. The van der Waals surface area contributed by atoms with Crippen molar-refractivity contribution in [1.82, 2.24) is 19.9 Å². The van der Waals surface area contributed by atoms with Gasteiger partial charge in [-0.1, -0.05) is 23.4 Å². The maximum absolute atomic E-state index is 14.6. The molecule has 2 aliphatic rings. The van der Waals surface area contributed by atoms with Crippen molar-refractivity contribution in [3.8, 4) is 0 Å². The van der Waals surface area contributed by atoms with Crippen LogP contribution in [0.2, 0.25) is 0 Å². The number of Topliss-reactive ketones (excluding diaryl/α,β-unsaturated/α-hetero) is 1. The highest BCUT2D eigenvalue weighted by molar-refractivity contribution is 7.81. The average molecular weight is 467 g/mol. The molecule has 0 bridgehead atoms. The van der Waals surface area contributed by atoms with Crippen molar-refractivity contribution in [2.75, 3.05) is 13.1 Å². The number of carboxylic acids is 1. The van der Waals surface area contributed by atoms with Gasteiger partial charge in [-0.05, 0) is 37.0 Å². The summed E-state index contributed by atoms with van der Waals surface area (Å²) in [5.74, 6) is -1.33. The third kappa shape index (κ3) is 5.34. The molecule has 1 aromatic heterocycles. The van der Waals surface area contributed by atoms with Crippen molar-refractivity contribution in [3.05, 3.63) is 53.1 Å². The molecule has 31 heavy (non-hydrogen) atoms. The van der Waals surface area contributed by atoms with Gasteiger partial charge in [-0.15, -0.1) is 17.5 Å². The summed E-state index contributed by atoms with van der Waals surface area (Å²) in [6.45, 7) is 0.761. The number of aromatic nitrogens is 3. The molecule has 2 atom stereocenters. The van der Waals surface area contributed by atoms with Crippen LogP contribution in [0.25, 0.3) is 6.08 Å². The lowest BCUT2D eigenvalue weighted by Gasteiger charge is -2.37. The number of halogens is 2. The minimum absolute atomic E-state index is 0. The van der Waals surface area contributed by atoms with Gasteiger partial charge in [0, 0.05) is 29.8 Å². The minimum Gasteiger partial charge on any atom is -0.480 e. The van der Waals surface area contributed by atoms with Crippen molar-refractivity contribution in [1.29, 1.82) is 0 Å². The third-order valence-electron chi connectivity index (χ3n) is 5.58. The zero-order valence-electron chi connectivity index (χ0n) is 16.7. The topological polar surface area (TPSA) is 88.3 Å². The highest BCUT2D eigenvalue weighted by atomic mass is 35.5. The van der Waals surface area contributed by atoms with Crippen molar-refractivity contribution in [2.45, 2.75) is 37.1 Å². The van der Waals surface area contributed by atoms with Gasteiger partial charge in [0.1, 0.15) is 12.4 Å². The fourth-order valence-corrected chi connectivity index (χ4v) is 4.16. The van der Waals surface area contributed by atoms with Gasteiger partial charge in [0.25, 0.3) is 0 Å².